The first kappa shape index (κ1) is 11.4. The summed E-state index contributed by atoms with van der Waals surface area (Å²) in [6.45, 7) is 1.55. The zero-order chi connectivity index (χ0) is 11.4. The molecular formula is C10H8ClNO3. The van der Waals surface area contributed by atoms with Gasteiger partial charge in [-0.2, -0.15) is 0 Å². The molecule has 0 spiro atoms. The topological polar surface area (TPSA) is 60.2 Å². The van der Waals surface area contributed by atoms with Crippen molar-refractivity contribution in [1.82, 2.24) is 0 Å². The summed E-state index contributed by atoms with van der Waals surface area (Å²) in [7, 11) is 0. The van der Waals surface area contributed by atoms with Crippen LogP contribution in [0.2, 0.25) is 0 Å². The van der Waals surface area contributed by atoms with Crippen LogP contribution in [0.25, 0.3) is 6.08 Å². The van der Waals surface area contributed by atoms with Gasteiger partial charge in [0, 0.05) is 17.7 Å². The van der Waals surface area contributed by atoms with Crippen molar-refractivity contribution in [3.8, 4) is 0 Å². The maximum atomic E-state index is 10.7. The number of nitro benzene ring substituents is 1. The molecule has 1 aromatic carbocycles. The first-order valence-electron chi connectivity index (χ1n) is 4.13. The van der Waals surface area contributed by atoms with E-state index in [-0.39, 0.29) is 5.69 Å². The Morgan fingerprint density at radius 1 is 1.53 bits per heavy atom. The van der Waals surface area contributed by atoms with Crippen LogP contribution in [-0.2, 0) is 4.79 Å². The molecule has 0 amide bonds. The van der Waals surface area contributed by atoms with E-state index in [9.17, 15) is 14.9 Å². The fraction of sp³-hybridized carbons (Fsp3) is 0.100. The van der Waals surface area contributed by atoms with Gasteiger partial charge in [-0.1, -0.05) is 12.1 Å². The number of halogens is 1. The third-order valence-electron chi connectivity index (χ3n) is 1.77. The predicted octanol–water partition coefficient (Wildman–Crippen LogP) is 2.76. The van der Waals surface area contributed by atoms with Crippen LogP contribution in [0.3, 0.4) is 0 Å². The maximum absolute atomic E-state index is 10.7. The lowest BCUT2D eigenvalue weighted by Gasteiger charge is -1.96. The highest BCUT2D eigenvalue weighted by Gasteiger charge is 2.05. The SMILES string of the molecule is CC(=Cc1cccc([N+](=O)[O-])c1)C(=O)Cl. The van der Waals surface area contributed by atoms with Crippen LogP contribution in [-0.4, -0.2) is 10.2 Å². The zero-order valence-electron chi connectivity index (χ0n) is 7.94. The minimum Gasteiger partial charge on any atom is -0.276 e. The van der Waals surface area contributed by atoms with Gasteiger partial charge in [0.25, 0.3) is 5.69 Å². The molecule has 0 unspecified atom stereocenters. The van der Waals surface area contributed by atoms with Crippen molar-refractivity contribution in [1.29, 1.82) is 0 Å². The molecule has 0 aliphatic carbocycles. The lowest BCUT2D eigenvalue weighted by atomic mass is 10.1. The van der Waals surface area contributed by atoms with Gasteiger partial charge >= 0.3 is 0 Å². The molecule has 0 radical (unpaired) electrons. The van der Waals surface area contributed by atoms with E-state index in [1.54, 1.807) is 19.1 Å². The number of nitrogens with zero attached hydrogens (tertiary/aromatic N) is 1. The summed E-state index contributed by atoms with van der Waals surface area (Å²) in [5, 5.41) is 9.90. The summed E-state index contributed by atoms with van der Waals surface area (Å²) in [4.78, 5) is 20.7. The van der Waals surface area contributed by atoms with Gasteiger partial charge in [-0.15, -0.1) is 0 Å². The van der Waals surface area contributed by atoms with Crippen molar-refractivity contribution in [2.45, 2.75) is 6.92 Å². The number of allylic oxidation sites excluding steroid dienone is 1. The molecule has 0 saturated heterocycles. The molecule has 0 atom stereocenters. The summed E-state index contributed by atoms with van der Waals surface area (Å²) in [5.74, 6) is 0. The highest BCUT2D eigenvalue weighted by Crippen LogP contribution is 2.16. The van der Waals surface area contributed by atoms with Gasteiger partial charge in [0.05, 0.1) is 4.92 Å². The first-order valence-corrected chi connectivity index (χ1v) is 4.51. The number of non-ortho nitro benzene ring substituents is 1. The van der Waals surface area contributed by atoms with Crippen LogP contribution in [0.1, 0.15) is 12.5 Å². The van der Waals surface area contributed by atoms with Crippen LogP contribution in [0, 0.1) is 10.1 Å². The number of rotatable bonds is 3. The number of carbonyl (C=O) groups excluding carboxylic acids is 1. The summed E-state index contributed by atoms with van der Waals surface area (Å²) in [6.07, 6.45) is 1.50. The largest absolute Gasteiger partial charge is 0.276 e. The third-order valence-corrected chi connectivity index (χ3v) is 2.07. The Kier molecular flexibility index (Phi) is 3.57. The third kappa shape index (κ3) is 3.18. The van der Waals surface area contributed by atoms with Gasteiger partial charge in [0.2, 0.25) is 5.24 Å². The Labute approximate surface area is 91.3 Å². The molecular weight excluding hydrogens is 218 g/mol. The van der Waals surface area contributed by atoms with Crippen molar-refractivity contribution < 1.29 is 9.72 Å². The van der Waals surface area contributed by atoms with Gasteiger partial charge in [-0.3, -0.25) is 14.9 Å². The van der Waals surface area contributed by atoms with E-state index >= 15 is 0 Å². The van der Waals surface area contributed by atoms with E-state index in [0.29, 0.717) is 11.1 Å². The first-order chi connectivity index (χ1) is 7.00. The Hall–Kier alpha value is -1.68. The molecule has 0 aliphatic rings. The number of nitro groups is 1. The lowest BCUT2D eigenvalue weighted by molar-refractivity contribution is -0.384. The summed E-state index contributed by atoms with van der Waals surface area (Å²) >= 11 is 5.24. The maximum Gasteiger partial charge on any atom is 0.270 e. The molecule has 0 aromatic heterocycles. The second-order valence-electron chi connectivity index (χ2n) is 2.95. The molecule has 1 rings (SSSR count). The highest BCUT2D eigenvalue weighted by atomic mass is 35.5. The molecule has 15 heavy (non-hydrogen) atoms. The van der Waals surface area contributed by atoms with Crippen molar-refractivity contribution in [3.05, 3.63) is 45.5 Å². The fourth-order valence-corrected chi connectivity index (χ4v) is 1.09. The van der Waals surface area contributed by atoms with Gasteiger partial charge in [0.1, 0.15) is 0 Å². The van der Waals surface area contributed by atoms with Gasteiger partial charge in [0.15, 0.2) is 0 Å². The van der Waals surface area contributed by atoms with Crippen LogP contribution < -0.4 is 0 Å². The Bertz CT molecular complexity index is 440. The molecule has 5 heteroatoms. The Morgan fingerprint density at radius 2 is 2.20 bits per heavy atom. The number of hydrogen-bond acceptors (Lipinski definition) is 3. The molecule has 0 fully saturated rings. The van der Waals surface area contributed by atoms with Crippen molar-refractivity contribution >= 4 is 28.6 Å². The van der Waals surface area contributed by atoms with Crippen LogP contribution in [0.5, 0.6) is 0 Å². The van der Waals surface area contributed by atoms with E-state index < -0.39 is 10.2 Å². The molecule has 0 bridgehead atoms. The van der Waals surface area contributed by atoms with Gasteiger partial charge in [-0.25, -0.2) is 0 Å². The minimum atomic E-state index is -0.568. The van der Waals surface area contributed by atoms with E-state index in [2.05, 4.69) is 0 Å². The average Bonchev–Trinajstić information content (AvgIpc) is 2.18. The second-order valence-corrected chi connectivity index (χ2v) is 3.30. The van der Waals surface area contributed by atoms with Crippen molar-refractivity contribution in [2.24, 2.45) is 0 Å². The number of carbonyl (C=O) groups is 1. The van der Waals surface area contributed by atoms with E-state index in [0.717, 1.165) is 0 Å². The van der Waals surface area contributed by atoms with E-state index in [1.165, 1.54) is 18.2 Å². The van der Waals surface area contributed by atoms with E-state index in [1.807, 2.05) is 0 Å². The van der Waals surface area contributed by atoms with Gasteiger partial charge in [-0.05, 0) is 30.2 Å². The Balaban J connectivity index is 3.06. The zero-order valence-corrected chi connectivity index (χ0v) is 8.69. The lowest BCUT2D eigenvalue weighted by Crippen LogP contribution is -1.90. The molecule has 0 saturated carbocycles. The molecule has 0 aliphatic heterocycles. The quantitative estimate of drug-likeness (QED) is 0.344. The molecule has 0 N–H and O–H groups in total. The minimum absolute atomic E-state index is 0.0152. The second kappa shape index (κ2) is 4.70. The van der Waals surface area contributed by atoms with Crippen LogP contribution in [0.4, 0.5) is 5.69 Å². The van der Waals surface area contributed by atoms with Gasteiger partial charge < -0.3 is 0 Å². The highest BCUT2D eigenvalue weighted by molar-refractivity contribution is 6.68. The summed E-state index contributed by atoms with van der Waals surface area (Å²) < 4.78 is 0. The van der Waals surface area contributed by atoms with Crippen molar-refractivity contribution in [2.75, 3.05) is 0 Å². The molecule has 4 nitrogen and oxygen atoms in total. The average molecular weight is 226 g/mol. The number of hydrogen-bond donors (Lipinski definition) is 0. The smallest absolute Gasteiger partial charge is 0.270 e. The number of benzene rings is 1. The van der Waals surface area contributed by atoms with Crippen molar-refractivity contribution in [3.63, 3.8) is 0 Å². The normalized spacial score (nSPS) is 11.2. The summed E-state index contributed by atoms with van der Waals surface area (Å²) in [5.41, 5.74) is 0.909. The van der Waals surface area contributed by atoms with Crippen LogP contribution in [0.15, 0.2) is 29.8 Å². The summed E-state index contributed by atoms with van der Waals surface area (Å²) in [6, 6.07) is 5.98. The fourth-order valence-electron chi connectivity index (χ4n) is 1.03. The molecule has 0 heterocycles. The standard InChI is InChI=1S/C10H8ClNO3/c1-7(10(11)13)5-8-3-2-4-9(6-8)12(14)15/h2-6H,1H3. The molecule has 78 valence electrons. The van der Waals surface area contributed by atoms with Crippen LogP contribution >= 0.6 is 11.6 Å². The Morgan fingerprint density at radius 3 is 2.73 bits per heavy atom. The predicted molar refractivity (Wildman–Crippen MR) is 57.6 cm³/mol. The molecule has 1 aromatic rings. The van der Waals surface area contributed by atoms with E-state index in [4.69, 9.17) is 11.6 Å². The monoisotopic (exact) mass is 225 g/mol.